The first-order valence-electron chi connectivity index (χ1n) is 2.39. The lowest BCUT2D eigenvalue weighted by Crippen LogP contribution is -2.05. The Kier molecular flexibility index (Phi) is 1.25. The van der Waals surface area contributed by atoms with Crippen LogP contribution in [0, 0.1) is 6.92 Å². The molecule has 0 aliphatic heterocycles. The molecule has 0 spiro atoms. The van der Waals surface area contributed by atoms with Crippen molar-refractivity contribution in [3.05, 3.63) is 4.88 Å². The summed E-state index contributed by atoms with van der Waals surface area (Å²) in [5, 5.41) is 0.667. The number of hydrogen-bond donors (Lipinski definition) is 1. The number of aryl methyl sites for hydroxylation is 1. The molecule has 4 heteroatoms. The van der Waals surface area contributed by atoms with E-state index < -0.39 is 0 Å². The lowest BCUT2D eigenvalue weighted by Gasteiger charge is -1.77. The third kappa shape index (κ3) is 0.840. The van der Waals surface area contributed by atoms with Crippen LogP contribution in [-0.4, -0.2) is 12.8 Å². The van der Waals surface area contributed by atoms with Crippen molar-refractivity contribution in [2.75, 3.05) is 5.73 Å². The third-order valence-corrected chi connectivity index (χ3v) is 1.95. The molecule has 0 atom stereocenters. The summed E-state index contributed by atoms with van der Waals surface area (Å²) in [7, 11) is 1.96. The zero-order valence-electron chi connectivity index (χ0n) is 4.93. The van der Waals surface area contributed by atoms with Gasteiger partial charge in [-0.3, -0.25) is 0 Å². The normalized spacial score (nSPS) is 9.62. The van der Waals surface area contributed by atoms with Gasteiger partial charge in [-0.25, -0.2) is 4.98 Å². The molecule has 1 aromatic heterocycles. The minimum absolute atomic E-state index is 0.667. The van der Waals surface area contributed by atoms with E-state index in [2.05, 4.69) is 4.98 Å². The predicted octanol–water partition coefficient (Wildman–Crippen LogP) is -0.708. The highest BCUT2D eigenvalue weighted by Crippen LogP contribution is 2.08. The van der Waals surface area contributed by atoms with E-state index in [9.17, 15) is 0 Å². The van der Waals surface area contributed by atoms with Crippen molar-refractivity contribution in [3.8, 4) is 0 Å². The zero-order chi connectivity index (χ0) is 6.15. The Hall–Kier alpha value is -0.505. The molecule has 8 heavy (non-hydrogen) atoms. The van der Waals surface area contributed by atoms with Crippen molar-refractivity contribution in [3.63, 3.8) is 0 Å². The number of hydrogen-bond acceptors (Lipinski definition) is 3. The molecule has 1 heterocycles. The van der Waals surface area contributed by atoms with Crippen LogP contribution >= 0.6 is 11.3 Å². The number of nitrogens with zero attached hydrogens (tertiary/aromatic N) is 1. The summed E-state index contributed by atoms with van der Waals surface area (Å²) in [6.45, 7) is 2.02. The van der Waals surface area contributed by atoms with Gasteiger partial charge in [0.2, 0.25) is 0 Å². The average Bonchev–Trinajstić information content (AvgIpc) is 1.85. The van der Waals surface area contributed by atoms with Crippen molar-refractivity contribution >= 4 is 29.9 Å². The lowest BCUT2D eigenvalue weighted by molar-refractivity contribution is 1.46. The fourth-order valence-electron chi connectivity index (χ4n) is 0.498. The zero-order valence-corrected chi connectivity index (χ0v) is 5.75. The maximum atomic E-state index is 5.39. The lowest BCUT2D eigenvalue weighted by atomic mass is 10.0. The van der Waals surface area contributed by atoms with Crippen LogP contribution < -0.4 is 11.3 Å². The molecule has 2 nitrogen and oxygen atoms in total. The van der Waals surface area contributed by atoms with E-state index in [1.54, 1.807) is 0 Å². The molecule has 0 unspecified atom stereocenters. The Balaban J connectivity index is 3.14. The minimum atomic E-state index is 0.667. The van der Waals surface area contributed by atoms with E-state index in [4.69, 9.17) is 5.73 Å². The summed E-state index contributed by atoms with van der Waals surface area (Å²) in [5.41, 5.74) is 6.44. The van der Waals surface area contributed by atoms with Crippen molar-refractivity contribution in [1.82, 2.24) is 4.98 Å². The Morgan fingerprint density at radius 2 is 2.38 bits per heavy atom. The SMILES string of the molecule is Bc1nc(N)sc1C. The summed E-state index contributed by atoms with van der Waals surface area (Å²) in [4.78, 5) is 5.22. The van der Waals surface area contributed by atoms with Gasteiger partial charge in [0.05, 0.1) is 0 Å². The third-order valence-electron chi connectivity index (χ3n) is 1.05. The van der Waals surface area contributed by atoms with Crippen LogP contribution in [0.2, 0.25) is 0 Å². The number of nitrogens with two attached hydrogens (primary N) is 1. The first kappa shape index (κ1) is 5.63. The number of aromatic nitrogens is 1. The number of anilines is 1. The maximum Gasteiger partial charge on any atom is 0.179 e. The second-order valence-corrected chi connectivity index (χ2v) is 2.93. The fraction of sp³-hybridized carbons (Fsp3) is 0.250. The van der Waals surface area contributed by atoms with Crippen LogP contribution in [0.5, 0.6) is 0 Å². The maximum absolute atomic E-state index is 5.39. The molecule has 0 saturated heterocycles. The highest BCUT2D eigenvalue weighted by atomic mass is 32.1. The monoisotopic (exact) mass is 126 g/mol. The quantitative estimate of drug-likeness (QED) is 0.466. The van der Waals surface area contributed by atoms with Gasteiger partial charge < -0.3 is 5.73 Å². The van der Waals surface area contributed by atoms with Gasteiger partial charge in [0.15, 0.2) is 13.0 Å². The van der Waals surface area contributed by atoms with Crippen LogP contribution in [0.25, 0.3) is 0 Å². The smallest absolute Gasteiger partial charge is 0.179 e. The Bertz CT molecular complexity index is 176. The Labute approximate surface area is 53.1 Å². The van der Waals surface area contributed by atoms with Crippen LogP contribution in [-0.2, 0) is 0 Å². The standard InChI is InChI=1S/C4H7BN2S/c1-2-3(5)7-4(6)8-2/h5H2,1H3,(H2,6,7). The molecule has 42 valence electrons. The summed E-state index contributed by atoms with van der Waals surface area (Å²) >= 11 is 1.54. The van der Waals surface area contributed by atoms with Gasteiger partial charge in [-0.2, -0.15) is 0 Å². The Morgan fingerprint density at radius 1 is 1.75 bits per heavy atom. The van der Waals surface area contributed by atoms with E-state index in [1.807, 2.05) is 14.8 Å². The molecule has 0 fully saturated rings. The van der Waals surface area contributed by atoms with Gasteiger partial charge >= 0.3 is 0 Å². The van der Waals surface area contributed by atoms with Crippen LogP contribution in [0.4, 0.5) is 5.13 Å². The second kappa shape index (κ2) is 1.78. The number of rotatable bonds is 0. The fourth-order valence-corrected chi connectivity index (χ4v) is 1.19. The molecular formula is C4H7BN2S. The molecule has 0 amide bonds. The predicted molar refractivity (Wildman–Crippen MR) is 39.4 cm³/mol. The van der Waals surface area contributed by atoms with E-state index in [0.29, 0.717) is 5.13 Å². The number of nitrogen functional groups attached to an aromatic ring is 1. The largest absolute Gasteiger partial charge is 0.375 e. The molecule has 0 aliphatic rings. The minimum Gasteiger partial charge on any atom is -0.375 e. The van der Waals surface area contributed by atoms with Crippen LogP contribution in [0.3, 0.4) is 0 Å². The molecule has 2 N–H and O–H groups in total. The molecule has 0 aliphatic carbocycles. The molecular weight excluding hydrogens is 119 g/mol. The first-order chi connectivity index (χ1) is 3.70. The van der Waals surface area contributed by atoms with Crippen molar-refractivity contribution in [2.24, 2.45) is 0 Å². The van der Waals surface area contributed by atoms with Crippen LogP contribution in [0.15, 0.2) is 0 Å². The van der Waals surface area contributed by atoms with Gasteiger partial charge in [0.1, 0.15) is 0 Å². The van der Waals surface area contributed by atoms with E-state index >= 15 is 0 Å². The van der Waals surface area contributed by atoms with Crippen molar-refractivity contribution in [1.29, 1.82) is 0 Å². The van der Waals surface area contributed by atoms with Crippen molar-refractivity contribution in [2.45, 2.75) is 6.92 Å². The molecule has 0 radical (unpaired) electrons. The highest BCUT2D eigenvalue weighted by molar-refractivity contribution is 7.16. The molecule has 1 rings (SSSR count). The van der Waals surface area contributed by atoms with Gasteiger partial charge in [0, 0.05) is 10.5 Å². The first-order valence-corrected chi connectivity index (χ1v) is 3.21. The summed E-state index contributed by atoms with van der Waals surface area (Å²) < 4.78 is 0. The summed E-state index contributed by atoms with van der Waals surface area (Å²) in [6.07, 6.45) is 0. The van der Waals surface area contributed by atoms with Crippen LogP contribution in [0.1, 0.15) is 4.88 Å². The van der Waals surface area contributed by atoms with Gasteiger partial charge in [-0.15, -0.1) is 11.3 Å². The van der Waals surface area contributed by atoms with Crippen molar-refractivity contribution < 1.29 is 0 Å². The molecule has 1 aromatic rings. The summed E-state index contributed by atoms with van der Waals surface area (Å²) in [5.74, 6) is 0. The number of thiazole rings is 1. The van der Waals surface area contributed by atoms with E-state index in [0.717, 1.165) is 5.59 Å². The molecule has 0 bridgehead atoms. The van der Waals surface area contributed by atoms with Gasteiger partial charge in [-0.05, 0) is 6.92 Å². The Morgan fingerprint density at radius 3 is 2.50 bits per heavy atom. The summed E-state index contributed by atoms with van der Waals surface area (Å²) in [6, 6.07) is 0. The molecule has 0 aromatic carbocycles. The van der Waals surface area contributed by atoms with E-state index in [1.165, 1.54) is 16.2 Å². The van der Waals surface area contributed by atoms with Gasteiger partial charge in [-0.1, -0.05) is 0 Å². The van der Waals surface area contributed by atoms with Gasteiger partial charge in [0.25, 0.3) is 0 Å². The van der Waals surface area contributed by atoms with E-state index in [-0.39, 0.29) is 0 Å². The highest BCUT2D eigenvalue weighted by Gasteiger charge is 1.96. The second-order valence-electron chi connectivity index (χ2n) is 1.69. The topological polar surface area (TPSA) is 38.9 Å². The average molecular weight is 126 g/mol. The molecule has 0 saturated carbocycles.